The summed E-state index contributed by atoms with van der Waals surface area (Å²) in [7, 11) is 0. The molecule has 1 heterocycles. The summed E-state index contributed by atoms with van der Waals surface area (Å²) in [5.74, 6) is 0. The van der Waals surface area contributed by atoms with Crippen LogP contribution in [0.3, 0.4) is 0 Å². The molecule has 7 heteroatoms. The Morgan fingerprint density at radius 2 is 2.24 bits per heavy atom. The summed E-state index contributed by atoms with van der Waals surface area (Å²) in [6.07, 6.45) is 5.08. The van der Waals surface area contributed by atoms with Crippen LogP contribution in [-0.4, -0.2) is 27.3 Å². The van der Waals surface area contributed by atoms with Gasteiger partial charge in [0, 0.05) is 10.6 Å². The van der Waals surface area contributed by atoms with Crippen LogP contribution in [0.15, 0.2) is 34.8 Å². The van der Waals surface area contributed by atoms with Crippen molar-refractivity contribution in [1.29, 1.82) is 0 Å². The molecule has 2 rings (SSSR count). The third-order valence-electron chi connectivity index (χ3n) is 1.97. The molecule has 2 aromatic rings. The fourth-order valence-electron chi connectivity index (χ4n) is 1.16. The first-order valence-electron chi connectivity index (χ1n) is 4.64. The minimum absolute atomic E-state index is 0.556. The normalized spacial score (nSPS) is 11.2. The quantitative estimate of drug-likeness (QED) is 0.643. The van der Waals surface area contributed by atoms with Crippen molar-refractivity contribution < 1.29 is 0 Å². The van der Waals surface area contributed by atoms with Crippen molar-refractivity contribution in [2.24, 2.45) is 5.10 Å². The first kappa shape index (κ1) is 12.4. The number of aromatic nitrogens is 3. The molecule has 0 radical (unpaired) electrons. The van der Waals surface area contributed by atoms with Crippen LogP contribution in [0.1, 0.15) is 5.56 Å². The standard InChI is InChI=1S/C10H8Cl2N4S/c1-17-10-15-13-6-16(10)14-5-7-2-3-8(11)4-9(7)12/h2-6H,1H3/b14-5+. The molecule has 1 aromatic carbocycles. The van der Waals surface area contributed by atoms with Crippen molar-refractivity contribution in [2.45, 2.75) is 5.16 Å². The highest BCUT2D eigenvalue weighted by atomic mass is 35.5. The van der Waals surface area contributed by atoms with E-state index in [1.165, 1.54) is 18.1 Å². The second-order valence-corrected chi connectivity index (χ2v) is 4.69. The Hall–Kier alpha value is -1.04. The topological polar surface area (TPSA) is 43.1 Å². The maximum Gasteiger partial charge on any atom is 0.211 e. The molecule has 88 valence electrons. The van der Waals surface area contributed by atoms with Gasteiger partial charge in [-0.2, -0.15) is 9.78 Å². The highest BCUT2D eigenvalue weighted by Crippen LogP contribution is 2.19. The van der Waals surface area contributed by atoms with Crippen LogP contribution in [0.2, 0.25) is 10.0 Å². The van der Waals surface area contributed by atoms with Crippen LogP contribution in [0.5, 0.6) is 0 Å². The van der Waals surface area contributed by atoms with Crippen LogP contribution in [0.25, 0.3) is 0 Å². The highest BCUT2D eigenvalue weighted by molar-refractivity contribution is 7.98. The number of hydrogen-bond donors (Lipinski definition) is 0. The molecule has 4 nitrogen and oxygen atoms in total. The van der Waals surface area contributed by atoms with E-state index in [0.29, 0.717) is 15.2 Å². The highest BCUT2D eigenvalue weighted by Gasteiger charge is 2.01. The summed E-state index contributed by atoms with van der Waals surface area (Å²) in [6, 6.07) is 5.24. The van der Waals surface area contributed by atoms with E-state index in [2.05, 4.69) is 15.3 Å². The summed E-state index contributed by atoms with van der Waals surface area (Å²) < 4.78 is 1.58. The van der Waals surface area contributed by atoms with E-state index < -0.39 is 0 Å². The van der Waals surface area contributed by atoms with E-state index in [-0.39, 0.29) is 0 Å². The molecule has 0 amide bonds. The van der Waals surface area contributed by atoms with Gasteiger partial charge in [0.15, 0.2) is 0 Å². The largest absolute Gasteiger partial charge is 0.211 e. The van der Waals surface area contributed by atoms with E-state index in [4.69, 9.17) is 23.2 Å². The van der Waals surface area contributed by atoms with Crippen molar-refractivity contribution >= 4 is 41.2 Å². The SMILES string of the molecule is CSc1nncn1/N=C/c1ccc(Cl)cc1Cl. The summed E-state index contributed by atoms with van der Waals surface area (Å²) >= 11 is 13.3. The molecule has 0 saturated heterocycles. The van der Waals surface area contributed by atoms with Crippen molar-refractivity contribution in [2.75, 3.05) is 6.26 Å². The molecule has 0 fully saturated rings. The van der Waals surface area contributed by atoms with Gasteiger partial charge in [-0.1, -0.05) is 41.0 Å². The Bertz CT molecular complexity index is 553. The molecule has 0 aliphatic rings. The predicted molar refractivity (Wildman–Crippen MR) is 71.3 cm³/mol. The van der Waals surface area contributed by atoms with Crippen molar-refractivity contribution in [1.82, 2.24) is 14.9 Å². The second-order valence-electron chi connectivity index (χ2n) is 3.07. The molecule has 0 saturated carbocycles. The van der Waals surface area contributed by atoms with Crippen molar-refractivity contribution in [3.8, 4) is 0 Å². The molecule has 17 heavy (non-hydrogen) atoms. The number of rotatable bonds is 3. The first-order valence-corrected chi connectivity index (χ1v) is 6.62. The fraction of sp³-hybridized carbons (Fsp3) is 0.100. The lowest BCUT2D eigenvalue weighted by Crippen LogP contribution is -1.91. The Labute approximate surface area is 113 Å². The molecule has 0 unspecified atom stereocenters. The monoisotopic (exact) mass is 286 g/mol. The number of halogens is 2. The molecule has 0 N–H and O–H groups in total. The summed E-state index contributed by atoms with van der Waals surface area (Å²) in [5, 5.41) is 13.7. The van der Waals surface area contributed by atoms with E-state index in [0.717, 1.165) is 5.56 Å². The Balaban J connectivity index is 2.26. The maximum absolute atomic E-state index is 6.02. The predicted octanol–water partition coefficient (Wildman–Crippen LogP) is 3.19. The van der Waals surface area contributed by atoms with Crippen LogP contribution >= 0.6 is 35.0 Å². The average Bonchev–Trinajstić information content (AvgIpc) is 2.75. The molecule has 0 aliphatic heterocycles. The minimum atomic E-state index is 0.556. The van der Waals surface area contributed by atoms with Gasteiger partial charge >= 0.3 is 0 Å². The van der Waals surface area contributed by atoms with E-state index in [9.17, 15) is 0 Å². The molecule has 0 aliphatic carbocycles. The van der Waals surface area contributed by atoms with Gasteiger partial charge < -0.3 is 0 Å². The lowest BCUT2D eigenvalue weighted by molar-refractivity contribution is 0.768. The van der Waals surface area contributed by atoms with Crippen LogP contribution in [0, 0.1) is 0 Å². The lowest BCUT2D eigenvalue weighted by atomic mass is 10.2. The third-order valence-corrected chi connectivity index (χ3v) is 3.16. The average molecular weight is 287 g/mol. The minimum Gasteiger partial charge on any atom is -0.195 e. The van der Waals surface area contributed by atoms with Crippen LogP contribution < -0.4 is 0 Å². The number of hydrogen-bond acceptors (Lipinski definition) is 4. The molecular weight excluding hydrogens is 279 g/mol. The maximum atomic E-state index is 6.02. The van der Waals surface area contributed by atoms with E-state index in [1.54, 1.807) is 29.1 Å². The van der Waals surface area contributed by atoms with Gasteiger partial charge in [-0.05, 0) is 18.4 Å². The number of benzene rings is 1. The van der Waals surface area contributed by atoms with Crippen molar-refractivity contribution in [3.05, 3.63) is 40.1 Å². The lowest BCUT2D eigenvalue weighted by Gasteiger charge is -1.99. The Morgan fingerprint density at radius 3 is 2.94 bits per heavy atom. The van der Waals surface area contributed by atoms with Gasteiger partial charge in [0.25, 0.3) is 0 Å². The van der Waals surface area contributed by atoms with Gasteiger partial charge in [-0.3, -0.25) is 0 Å². The summed E-state index contributed by atoms with van der Waals surface area (Å²) in [5.41, 5.74) is 0.789. The zero-order valence-electron chi connectivity index (χ0n) is 8.84. The van der Waals surface area contributed by atoms with Gasteiger partial charge in [0.05, 0.1) is 11.2 Å². The van der Waals surface area contributed by atoms with Gasteiger partial charge in [-0.25, -0.2) is 0 Å². The molecule has 0 spiro atoms. The zero-order valence-corrected chi connectivity index (χ0v) is 11.2. The van der Waals surface area contributed by atoms with E-state index >= 15 is 0 Å². The molecule has 0 atom stereocenters. The van der Waals surface area contributed by atoms with E-state index in [1.807, 2.05) is 6.26 Å². The number of nitrogens with zero attached hydrogens (tertiary/aromatic N) is 4. The zero-order chi connectivity index (χ0) is 12.3. The summed E-state index contributed by atoms with van der Waals surface area (Å²) in [4.78, 5) is 0. The third kappa shape index (κ3) is 3.00. The molecule has 0 bridgehead atoms. The molecule has 1 aromatic heterocycles. The smallest absolute Gasteiger partial charge is 0.195 e. The Kier molecular flexibility index (Phi) is 4.04. The second kappa shape index (κ2) is 5.53. The van der Waals surface area contributed by atoms with Gasteiger partial charge in [0.2, 0.25) is 5.16 Å². The first-order chi connectivity index (χ1) is 8.20. The summed E-state index contributed by atoms with van der Waals surface area (Å²) in [6.45, 7) is 0. The van der Waals surface area contributed by atoms with Crippen LogP contribution in [-0.2, 0) is 0 Å². The molecular formula is C10H8Cl2N4S. The van der Waals surface area contributed by atoms with Gasteiger partial charge in [0.1, 0.15) is 6.33 Å². The fourth-order valence-corrected chi connectivity index (χ4v) is 2.03. The van der Waals surface area contributed by atoms with Crippen LogP contribution in [0.4, 0.5) is 0 Å². The number of thioether (sulfide) groups is 1. The van der Waals surface area contributed by atoms with Crippen molar-refractivity contribution in [3.63, 3.8) is 0 Å². The van der Waals surface area contributed by atoms with Gasteiger partial charge in [-0.15, -0.1) is 10.2 Å². The Morgan fingerprint density at radius 1 is 1.41 bits per heavy atom.